The Morgan fingerprint density at radius 2 is 1.32 bits per heavy atom. The van der Waals surface area contributed by atoms with Crippen LogP contribution in [0.5, 0.6) is 0 Å². The number of piperazine rings is 1. The van der Waals surface area contributed by atoms with Crippen LogP contribution in [0, 0.1) is 5.92 Å². The van der Waals surface area contributed by atoms with E-state index in [0.717, 1.165) is 63.7 Å². The van der Waals surface area contributed by atoms with Crippen molar-refractivity contribution in [3.63, 3.8) is 0 Å². The minimum Gasteiger partial charge on any atom is -0.355 e. The molecule has 0 unspecified atom stereocenters. The van der Waals surface area contributed by atoms with Crippen molar-refractivity contribution in [3.8, 4) is 0 Å². The van der Waals surface area contributed by atoms with Gasteiger partial charge in [-0.1, -0.05) is 12.8 Å². The second-order valence-electron chi connectivity index (χ2n) is 7.59. The highest BCUT2D eigenvalue weighted by molar-refractivity contribution is 5.79. The van der Waals surface area contributed by atoms with E-state index in [-0.39, 0.29) is 5.92 Å². The van der Waals surface area contributed by atoms with Gasteiger partial charge < -0.3 is 14.7 Å². The Balaban J connectivity index is 1.32. The molecule has 3 aliphatic rings. The summed E-state index contributed by atoms with van der Waals surface area (Å²) in [6, 6.07) is 4.19. The van der Waals surface area contributed by atoms with Crippen LogP contribution in [-0.2, 0) is 4.79 Å². The molecular weight excluding hydrogens is 314 g/mol. The van der Waals surface area contributed by atoms with Crippen molar-refractivity contribution in [2.24, 2.45) is 5.92 Å². The Morgan fingerprint density at radius 3 is 1.88 bits per heavy atom. The summed E-state index contributed by atoms with van der Waals surface area (Å²) in [5.41, 5.74) is 0. The Kier molecular flexibility index (Phi) is 5.04. The largest absolute Gasteiger partial charge is 0.355 e. The number of carbonyl (C=O) groups excluding carboxylic acids is 1. The lowest BCUT2D eigenvalue weighted by Gasteiger charge is -2.36. The molecule has 1 aliphatic carbocycles. The van der Waals surface area contributed by atoms with Crippen LogP contribution in [-0.4, -0.2) is 60.3 Å². The molecule has 3 heterocycles. The monoisotopic (exact) mass is 343 g/mol. The molecule has 6 nitrogen and oxygen atoms in total. The van der Waals surface area contributed by atoms with Crippen LogP contribution in [0.15, 0.2) is 12.1 Å². The maximum absolute atomic E-state index is 12.5. The molecule has 1 aromatic rings. The number of aromatic nitrogens is 2. The zero-order valence-electron chi connectivity index (χ0n) is 15.1. The summed E-state index contributed by atoms with van der Waals surface area (Å²) >= 11 is 0. The standard InChI is InChI=1S/C19H29N5O/c25-19(16-6-2-3-7-16)24-14-12-23(13-15-24)18-9-8-17(20-21-18)22-10-4-1-5-11-22/h8-9,16H,1-7,10-15H2. The van der Waals surface area contributed by atoms with Gasteiger partial charge in [0.05, 0.1) is 0 Å². The quantitative estimate of drug-likeness (QED) is 0.843. The van der Waals surface area contributed by atoms with E-state index in [2.05, 4.69) is 37.0 Å². The van der Waals surface area contributed by atoms with Crippen molar-refractivity contribution in [1.29, 1.82) is 0 Å². The zero-order valence-corrected chi connectivity index (χ0v) is 15.1. The predicted molar refractivity (Wildman–Crippen MR) is 98.8 cm³/mol. The van der Waals surface area contributed by atoms with Crippen LogP contribution in [0.4, 0.5) is 11.6 Å². The van der Waals surface area contributed by atoms with E-state index in [1.165, 1.54) is 32.1 Å². The molecule has 0 bridgehead atoms. The van der Waals surface area contributed by atoms with E-state index in [4.69, 9.17) is 0 Å². The number of hydrogen-bond donors (Lipinski definition) is 0. The number of rotatable bonds is 3. The lowest BCUT2D eigenvalue weighted by atomic mass is 10.1. The first-order valence-corrected chi connectivity index (χ1v) is 9.94. The SMILES string of the molecule is O=C(C1CCCC1)N1CCN(c2ccc(N3CCCCC3)nn2)CC1. The van der Waals surface area contributed by atoms with Gasteiger partial charge >= 0.3 is 0 Å². The number of anilines is 2. The number of hydrogen-bond acceptors (Lipinski definition) is 5. The van der Waals surface area contributed by atoms with Gasteiger partial charge in [0.1, 0.15) is 0 Å². The van der Waals surface area contributed by atoms with E-state index in [1.54, 1.807) is 0 Å². The van der Waals surface area contributed by atoms with Crippen LogP contribution in [0.3, 0.4) is 0 Å². The predicted octanol–water partition coefficient (Wildman–Crippen LogP) is 2.31. The van der Waals surface area contributed by atoms with Crippen molar-refractivity contribution >= 4 is 17.5 Å². The molecule has 1 saturated carbocycles. The van der Waals surface area contributed by atoms with Crippen molar-refractivity contribution in [2.75, 3.05) is 49.1 Å². The molecular formula is C19H29N5O. The van der Waals surface area contributed by atoms with Gasteiger partial charge in [0.15, 0.2) is 11.6 Å². The molecule has 3 fully saturated rings. The molecule has 0 atom stereocenters. The summed E-state index contributed by atoms with van der Waals surface area (Å²) in [4.78, 5) is 19.2. The second kappa shape index (κ2) is 7.58. The third-order valence-corrected chi connectivity index (χ3v) is 5.94. The second-order valence-corrected chi connectivity index (χ2v) is 7.59. The van der Waals surface area contributed by atoms with Gasteiger partial charge in [0.25, 0.3) is 0 Å². The minimum absolute atomic E-state index is 0.287. The fourth-order valence-electron chi connectivity index (χ4n) is 4.37. The molecule has 25 heavy (non-hydrogen) atoms. The molecule has 0 radical (unpaired) electrons. The highest BCUT2D eigenvalue weighted by atomic mass is 16.2. The summed E-state index contributed by atoms with van der Waals surface area (Å²) in [6.07, 6.45) is 8.43. The number of nitrogens with zero attached hydrogens (tertiary/aromatic N) is 5. The van der Waals surface area contributed by atoms with Crippen LogP contribution in [0.1, 0.15) is 44.9 Å². The Hall–Kier alpha value is -1.85. The molecule has 0 N–H and O–H groups in total. The van der Waals surface area contributed by atoms with E-state index in [1.807, 2.05) is 0 Å². The molecule has 2 aliphatic heterocycles. The third kappa shape index (κ3) is 3.72. The fraction of sp³-hybridized carbons (Fsp3) is 0.737. The highest BCUT2D eigenvalue weighted by Crippen LogP contribution is 2.27. The molecule has 1 aromatic heterocycles. The summed E-state index contributed by atoms with van der Waals surface area (Å²) < 4.78 is 0. The normalized spacial score (nSPS) is 22.5. The van der Waals surface area contributed by atoms with E-state index in [0.29, 0.717) is 5.91 Å². The summed E-state index contributed by atoms with van der Waals surface area (Å²) in [5.74, 6) is 2.60. The van der Waals surface area contributed by atoms with Gasteiger partial charge in [-0.3, -0.25) is 4.79 Å². The Bertz CT molecular complexity index is 570. The molecule has 0 aromatic carbocycles. The van der Waals surface area contributed by atoms with Crippen LogP contribution in [0.2, 0.25) is 0 Å². The molecule has 136 valence electrons. The minimum atomic E-state index is 0.287. The average molecular weight is 343 g/mol. The van der Waals surface area contributed by atoms with Gasteiger partial charge in [-0.05, 0) is 44.2 Å². The zero-order chi connectivity index (χ0) is 17.1. The third-order valence-electron chi connectivity index (χ3n) is 5.94. The molecule has 2 saturated heterocycles. The van der Waals surface area contributed by atoms with E-state index in [9.17, 15) is 4.79 Å². The maximum atomic E-state index is 12.5. The Morgan fingerprint density at radius 1 is 0.760 bits per heavy atom. The average Bonchev–Trinajstić information content (AvgIpc) is 3.23. The summed E-state index contributed by atoms with van der Waals surface area (Å²) in [5, 5.41) is 8.90. The van der Waals surface area contributed by atoms with Crippen molar-refractivity contribution in [1.82, 2.24) is 15.1 Å². The van der Waals surface area contributed by atoms with E-state index < -0.39 is 0 Å². The lowest BCUT2D eigenvalue weighted by molar-refractivity contribution is -0.135. The molecule has 1 amide bonds. The Labute approximate surface area is 150 Å². The van der Waals surface area contributed by atoms with Crippen molar-refractivity contribution < 1.29 is 4.79 Å². The number of piperidine rings is 1. The lowest BCUT2D eigenvalue weighted by Crippen LogP contribution is -2.50. The topological polar surface area (TPSA) is 52.6 Å². The van der Waals surface area contributed by atoms with Gasteiger partial charge in [-0.15, -0.1) is 10.2 Å². The molecule has 0 spiro atoms. The van der Waals surface area contributed by atoms with Crippen LogP contribution < -0.4 is 9.80 Å². The first-order valence-electron chi connectivity index (χ1n) is 9.94. The maximum Gasteiger partial charge on any atom is 0.225 e. The van der Waals surface area contributed by atoms with Crippen molar-refractivity contribution in [3.05, 3.63) is 12.1 Å². The van der Waals surface area contributed by atoms with Gasteiger partial charge in [0, 0.05) is 45.2 Å². The highest BCUT2D eigenvalue weighted by Gasteiger charge is 2.29. The number of amides is 1. The molecule has 4 rings (SSSR count). The number of carbonyl (C=O) groups is 1. The smallest absolute Gasteiger partial charge is 0.225 e. The van der Waals surface area contributed by atoms with Gasteiger partial charge in [0.2, 0.25) is 5.91 Å². The van der Waals surface area contributed by atoms with Crippen molar-refractivity contribution in [2.45, 2.75) is 44.9 Å². The fourth-order valence-corrected chi connectivity index (χ4v) is 4.37. The van der Waals surface area contributed by atoms with Crippen LogP contribution >= 0.6 is 0 Å². The van der Waals surface area contributed by atoms with Gasteiger partial charge in [-0.25, -0.2) is 0 Å². The summed E-state index contributed by atoms with van der Waals surface area (Å²) in [7, 11) is 0. The molecule has 6 heteroatoms. The van der Waals surface area contributed by atoms with Gasteiger partial charge in [-0.2, -0.15) is 0 Å². The van der Waals surface area contributed by atoms with E-state index >= 15 is 0 Å². The first kappa shape index (κ1) is 16.6. The summed E-state index contributed by atoms with van der Waals surface area (Å²) in [6.45, 7) is 5.52. The first-order chi connectivity index (χ1) is 12.3. The van der Waals surface area contributed by atoms with Crippen LogP contribution in [0.25, 0.3) is 0 Å².